The lowest BCUT2D eigenvalue weighted by Crippen LogP contribution is -2.31. The first-order valence-corrected chi connectivity index (χ1v) is 11.0. The van der Waals surface area contributed by atoms with Crippen molar-refractivity contribution in [1.29, 1.82) is 0 Å². The van der Waals surface area contributed by atoms with Gasteiger partial charge in [-0.1, -0.05) is 43.7 Å². The van der Waals surface area contributed by atoms with Gasteiger partial charge in [-0.25, -0.2) is 0 Å². The molecule has 0 fully saturated rings. The largest absolute Gasteiger partial charge is 0.322 e. The fourth-order valence-electron chi connectivity index (χ4n) is 3.43. The third-order valence-corrected chi connectivity index (χ3v) is 6.14. The first-order valence-electron chi connectivity index (χ1n) is 10.1. The predicted molar refractivity (Wildman–Crippen MR) is 121 cm³/mol. The molecule has 3 aromatic rings. The summed E-state index contributed by atoms with van der Waals surface area (Å²) in [5.41, 5.74) is 5.12. The highest BCUT2D eigenvalue weighted by atomic mass is 32.1. The average Bonchev–Trinajstić information content (AvgIpc) is 3.32. The first-order chi connectivity index (χ1) is 14.0. The number of anilines is 1. The molecule has 2 N–H and O–H groups in total. The van der Waals surface area contributed by atoms with Crippen molar-refractivity contribution >= 4 is 22.9 Å². The smallest absolute Gasteiger partial charge is 0.238 e. The summed E-state index contributed by atoms with van der Waals surface area (Å²) < 4.78 is 1.78. The van der Waals surface area contributed by atoms with Crippen LogP contribution in [0.1, 0.15) is 53.2 Å². The predicted octanol–water partition coefficient (Wildman–Crippen LogP) is 4.76. The second-order valence-electron chi connectivity index (χ2n) is 7.39. The van der Waals surface area contributed by atoms with Crippen LogP contribution in [0.4, 0.5) is 5.69 Å². The second-order valence-corrected chi connectivity index (χ2v) is 8.37. The van der Waals surface area contributed by atoms with Crippen LogP contribution in [-0.2, 0) is 18.3 Å². The maximum absolute atomic E-state index is 12.6. The molecule has 3 rings (SSSR count). The van der Waals surface area contributed by atoms with Crippen molar-refractivity contribution in [3.63, 3.8) is 0 Å². The van der Waals surface area contributed by atoms with Crippen LogP contribution in [-0.4, -0.2) is 22.2 Å². The van der Waals surface area contributed by atoms with E-state index in [1.54, 1.807) is 16.0 Å². The van der Waals surface area contributed by atoms with E-state index in [2.05, 4.69) is 58.4 Å². The normalized spacial score (nSPS) is 12.1. The van der Waals surface area contributed by atoms with E-state index in [-0.39, 0.29) is 18.5 Å². The molecule has 6 heteroatoms. The Morgan fingerprint density at radius 2 is 1.97 bits per heavy atom. The summed E-state index contributed by atoms with van der Waals surface area (Å²) in [6, 6.07) is 12.9. The number of benzene rings is 1. The molecule has 5 nitrogen and oxygen atoms in total. The average molecular weight is 411 g/mol. The number of carbonyl (C=O) groups excluding carboxylic acids is 1. The molecule has 29 heavy (non-hydrogen) atoms. The minimum Gasteiger partial charge on any atom is -0.322 e. The van der Waals surface area contributed by atoms with Gasteiger partial charge in [0.25, 0.3) is 0 Å². The molecular formula is C23H30N4OS. The molecule has 0 saturated heterocycles. The number of aromatic nitrogens is 2. The number of aryl methyl sites for hydroxylation is 3. The van der Waals surface area contributed by atoms with Crippen molar-refractivity contribution in [3.05, 3.63) is 69.2 Å². The summed E-state index contributed by atoms with van der Waals surface area (Å²) in [6.07, 6.45) is 3.52. The van der Waals surface area contributed by atoms with E-state index < -0.39 is 0 Å². The summed E-state index contributed by atoms with van der Waals surface area (Å²) in [5, 5.41) is 12.9. The van der Waals surface area contributed by atoms with Crippen molar-refractivity contribution in [3.8, 4) is 0 Å². The molecule has 0 bridgehead atoms. The molecule has 1 amide bonds. The minimum absolute atomic E-state index is 0.00272. The Balaban J connectivity index is 1.69. The maximum Gasteiger partial charge on any atom is 0.238 e. The van der Waals surface area contributed by atoms with Crippen LogP contribution in [0.3, 0.4) is 0 Å². The lowest BCUT2D eigenvalue weighted by atomic mass is 10.0. The van der Waals surface area contributed by atoms with Gasteiger partial charge in [-0.3, -0.25) is 14.8 Å². The molecule has 0 aliphatic heterocycles. The third kappa shape index (κ3) is 5.34. The molecule has 1 atom stereocenters. The van der Waals surface area contributed by atoms with Crippen molar-refractivity contribution in [2.45, 2.75) is 46.1 Å². The highest BCUT2D eigenvalue weighted by Gasteiger charge is 2.18. The molecule has 0 radical (unpaired) electrons. The van der Waals surface area contributed by atoms with E-state index in [0.29, 0.717) is 0 Å². The molecule has 2 heterocycles. The number of nitrogens with one attached hydrogen (secondary N) is 2. The van der Waals surface area contributed by atoms with Crippen molar-refractivity contribution in [2.75, 3.05) is 11.9 Å². The number of carbonyl (C=O) groups is 1. The van der Waals surface area contributed by atoms with Gasteiger partial charge in [0.1, 0.15) is 0 Å². The van der Waals surface area contributed by atoms with E-state index in [1.807, 2.05) is 27.0 Å². The van der Waals surface area contributed by atoms with Gasteiger partial charge in [-0.05, 0) is 49.3 Å². The Bertz CT molecular complexity index is 929. The molecule has 0 aliphatic carbocycles. The Morgan fingerprint density at radius 1 is 1.21 bits per heavy atom. The van der Waals surface area contributed by atoms with Gasteiger partial charge >= 0.3 is 0 Å². The van der Waals surface area contributed by atoms with Gasteiger partial charge in [0.2, 0.25) is 5.91 Å². The monoisotopic (exact) mass is 410 g/mol. The van der Waals surface area contributed by atoms with Crippen LogP contribution in [0.2, 0.25) is 0 Å². The van der Waals surface area contributed by atoms with Crippen LogP contribution < -0.4 is 10.6 Å². The number of thiophene rings is 1. The van der Waals surface area contributed by atoms with Crippen molar-refractivity contribution in [1.82, 2.24) is 15.1 Å². The maximum atomic E-state index is 12.6. The zero-order chi connectivity index (χ0) is 20.8. The SMILES string of the molecule is CCCCc1ccc([C@H](NCC(=O)Nc2c(C)nn(C)c2C)c2cccs2)cc1. The summed E-state index contributed by atoms with van der Waals surface area (Å²) in [5.74, 6) is -0.0645. The number of nitrogens with zero attached hydrogens (tertiary/aromatic N) is 2. The molecule has 0 saturated carbocycles. The van der Waals surface area contributed by atoms with Crippen molar-refractivity contribution in [2.24, 2.45) is 7.05 Å². The minimum atomic E-state index is -0.0645. The fourth-order valence-corrected chi connectivity index (χ4v) is 4.26. The summed E-state index contributed by atoms with van der Waals surface area (Å²) in [7, 11) is 1.88. The Morgan fingerprint density at radius 3 is 2.55 bits per heavy atom. The number of unbranched alkanes of at least 4 members (excludes halogenated alkanes) is 1. The van der Waals surface area contributed by atoms with Crippen LogP contribution in [0.15, 0.2) is 41.8 Å². The zero-order valence-electron chi connectivity index (χ0n) is 17.7. The number of hydrogen-bond acceptors (Lipinski definition) is 4. The van der Waals surface area contributed by atoms with Crippen LogP contribution in [0, 0.1) is 13.8 Å². The summed E-state index contributed by atoms with van der Waals surface area (Å²) >= 11 is 1.70. The molecule has 0 unspecified atom stereocenters. The lowest BCUT2D eigenvalue weighted by molar-refractivity contribution is -0.115. The van der Waals surface area contributed by atoms with E-state index in [0.717, 1.165) is 23.5 Å². The highest BCUT2D eigenvalue weighted by Crippen LogP contribution is 2.26. The van der Waals surface area contributed by atoms with Gasteiger partial charge in [0.15, 0.2) is 0 Å². The standard InChI is InChI=1S/C23H30N4OS/c1-5-6-8-18-10-12-19(13-11-18)23(20-9-7-14-29-20)24-15-21(28)25-22-16(2)26-27(4)17(22)3/h7,9-14,23-24H,5-6,8,15H2,1-4H3,(H,25,28)/t23-/m0/s1. The van der Waals surface area contributed by atoms with Crippen LogP contribution in [0.25, 0.3) is 0 Å². The summed E-state index contributed by atoms with van der Waals surface area (Å²) in [6.45, 7) is 6.31. The van der Waals surface area contributed by atoms with E-state index in [1.165, 1.54) is 28.8 Å². The zero-order valence-corrected chi connectivity index (χ0v) is 18.5. The summed E-state index contributed by atoms with van der Waals surface area (Å²) in [4.78, 5) is 13.8. The van der Waals surface area contributed by atoms with Gasteiger partial charge in [0, 0.05) is 11.9 Å². The van der Waals surface area contributed by atoms with E-state index >= 15 is 0 Å². The lowest BCUT2D eigenvalue weighted by Gasteiger charge is -2.18. The number of rotatable bonds is 9. The van der Waals surface area contributed by atoms with Crippen LogP contribution >= 0.6 is 11.3 Å². The topological polar surface area (TPSA) is 59.0 Å². The Labute approximate surface area is 177 Å². The van der Waals surface area contributed by atoms with Gasteiger partial charge in [-0.15, -0.1) is 11.3 Å². The number of amides is 1. The Hall–Kier alpha value is -2.44. The quantitative estimate of drug-likeness (QED) is 0.535. The highest BCUT2D eigenvalue weighted by molar-refractivity contribution is 7.10. The van der Waals surface area contributed by atoms with E-state index in [9.17, 15) is 4.79 Å². The molecular weight excluding hydrogens is 380 g/mol. The second kappa shape index (κ2) is 9.85. The molecule has 0 spiro atoms. The molecule has 1 aromatic carbocycles. The molecule has 0 aliphatic rings. The van der Waals surface area contributed by atoms with Gasteiger partial charge < -0.3 is 5.32 Å². The van der Waals surface area contributed by atoms with Crippen molar-refractivity contribution < 1.29 is 4.79 Å². The fraction of sp³-hybridized carbons (Fsp3) is 0.391. The van der Waals surface area contributed by atoms with E-state index in [4.69, 9.17) is 0 Å². The van der Waals surface area contributed by atoms with Crippen LogP contribution in [0.5, 0.6) is 0 Å². The molecule has 2 aromatic heterocycles. The first kappa shape index (κ1) is 21.3. The third-order valence-electron chi connectivity index (χ3n) is 5.20. The number of hydrogen-bond donors (Lipinski definition) is 2. The van der Waals surface area contributed by atoms with Gasteiger partial charge in [-0.2, -0.15) is 5.10 Å². The Kier molecular flexibility index (Phi) is 7.23. The van der Waals surface area contributed by atoms with Gasteiger partial charge in [0.05, 0.1) is 29.7 Å². The molecule has 154 valence electrons.